The first kappa shape index (κ1) is 24.8. The molecule has 2 bridgehead atoms. The van der Waals surface area contributed by atoms with E-state index in [4.69, 9.17) is 4.74 Å². The summed E-state index contributed by atoms with van der Waals surface area (Å²) in [6.45, 7) is 0.0980. The monoisotopic (exact) mass is 562 g/mol. The summed E-state index contributed by atoms with van der Waals surface area (Å²) in [5, 5.41) is 14.1. The number of hydrogen-bond acceptors (Lipinski definition) is 8. The maximum atomic E-state index is 13.8. The molecule has 38 heavy (non-hydrogen) atoms. The van der Waals surface area contributed by atoms with E-state index >= 15 is 0 Å². The molecular weight excluding hydrogens is 539 g/mol. The Labute approximate surface area is 218 Å². The molecule has 0 aliphatic carbocycles. The highest BCUT2D eigenvalue weighted by Gasteiger charge is 2.58. The molecule has 4 heterocycles. The fourth-order valence-corrected chi connectivity index (χ4v) is 7.38. The van der Waals surface area contributed by atoms with Crippen LogP contribution in [0.5, 0.6) is 0 Å². The Morgan fingerprint density at radius 3 is 2.61 bits per heavy atom. The Hall–Kier alpha value is -3.49. The minimum absolute atomic E-state index is 0.0264. The van der Waals surface area contributed by atoms with Gasteiger partial charge in [-0.25, -0.2) is 12.8 Å². The third-order valence-corrected chi connectivity index (χ3v) is 9.09. The SMILES string of the molecule is CS(=O)(=O)Nc1ccc2c(c1)S(=O)(=O)N=C(C1=C(O)[C@H]3[C@H]([C@@H]4CC[C@H]3O4)N(Cc3ccc(F)cc3)C1=O)N2. The predicted octanol–water partition coefficient (Wildman–Crippen LogP) is 2.11. The Bertz CT molecular complexity index is 1640. The van der Waals surface area contributed by atoms with Gasteiger partial charge in [0.2, 0.25) is 10.0 Å². The van der Waals surface area contributed by atoms with E-state index in [0.717, 1.165) is 12.3 Å². The summed E-state index contributed by atoms with van der Waals surface area (Å²) in [5.41, 5.74) is 0.471. The molecule has 11 nitrogen and oxygen atoms in total. The maximum absolute atomic E-state index is 13.8. The summed E-state index contributed by atoms with van der Waals surface area (Å²) < 4.78 is 74.9. The number of ether oxygens (including phenoxy) is 1. The molecule has 0 aromatic heterocycles. The third-order valence-electron chi connectivity index (χ3n) is 7.17. The van der Waals surface area contributed by atoms with Crippen LogP contribution in [0.25, 0.3) is 0 Å². The topological polar surface area (TPSA) is 154 Å². The molecule has 4 aliphatic heterocycles. The lowest BCUT2D eigenvalue weighted by atomic mass is 9.77. The number of nitrogens with zero attached hydrogens (tertiary/aromatic N) is 2. The number of nitrogens with one attached hydrogen (secondary N) is 2. The van der Waals surface area contributed by atoms with Gasteiger partial charge in [0.1, 0.15) is 22.0 Å². The standard InChI is InChI=1S/C24H23FN4O7S2/c1-37(32,33)27-14-6-7-15-18(10-14)38(34,35)28-23(26-15)20-22(30)19-16-8-9-17(36-16)21(19)29(24(20)31)11-12-2-4-13(25)5-3-12/h2-7,10,16-17,19,21,27,30H,8-9,11H2,1H3,(H,26,28)/t16-,17+,19-,21+/m1/s1. The van der Waals surface area contributed by atoms with Gasteiger partial charge in [0, 0.05) is 12.2 Å². The summed E-state index contributed by atoms with van der Waals surface area (Å²) in [5.74, 6) is -2.25. The molecule has 1 amide bonds. The van der Waals surface area contributed by atoms with Crippen molar-refractivity contribution in [1.82, 2.24) is 4.90 Å². The second-order valence-corrected chi connectivity index (χ2v) is 13.1. The number of anilines is 2. The van der Waals surface area contributed by atoms with Crippen LogP contribution in [0.1, 0.15) is 18.4 Å². The van der Waals surface area contributed by atoms with Gasteiger partial charge in [-0.1, -0.05) is 12.1 Å². The molecule has 4 aliphatic rings. The van der Waals surface area contributed by atoms with Crippen LogP contribution in [0.2, 0.25) is 0 Å². The van der Waals surface area contributed by atoms with Crippen molar-refractivity contribution in [3.63, 3.8) is 0 Å². The van der Waals surface area contributed by atoms with E-state index in [2.05, 4.69) is 14.4 Å². The second-order valence-electron chi connectivity index (χ2n) is 9.75. The number of carbonyl (C=O) groups excluding carboxylic acids is 1. The first-order chi connectivity index (χ1) is 17.9. The van der Waals surface area contributed by atoms with Crippen molar-refractivity contribution < 1.29 is 35.9 Å². The van der Waals surface area contributed by atoms with Crippen LogP contribution < -0.4 is 10.0 Å². The third kappa shape index (κ3) is 4.12. The predicted molar refractivity (Wildman–Crippen MR) is 135 cm³/mol. The molecule has 200 valence electrons. The van der Waals surface area contributed by atoms with E-state index in [-0.39, 0.29) is 52.2 Å². The van der Waals surface area contributed by atoms with Gasteiger partial charge in [-0.05, 0) is 48.7 Å². The number of sulfonamides is 2. The highest BCUT2D eigenvalue weighted by molar-refractivity contribution is 7.92. The molecule has 6 rings (SSSR count). The number of rotatable bonds is 5. The molecule has 14 heteroatoms. The summed E-state index contributed by atoms with van der Waals surface area (Å²) >= 11 is 0. The van der Waals surface area contributed by atoms with Crippen LogP contribution in [0.4, 0.5) is 15.8 Å². The van der Waals surface area contributed by atoms with Gasteiger partial charge >= 0.3 is 0 Å². The van der Waals surface area contributed by atoms with Crippen molar-refractivity contribution in [1.29, 1.82) is 0 Å². The zero-order chi connectivity index (χ0) is 27.0. The molecule has 0 radical (unpaired) electrons. The number of aliphatic hydroxyl groups excluding tert-OH is 1. The number of fused-ring (bicyclic) bond motifs is 6. The molecule has 2 fully saturated rings. The first-order valence-corrected chi connectivity index (χ1v) is 15.1. The highest BCUT2D eigenvalue weighted by atomic mass is 32.2. The molecule has 0 unspecified atom stereocenters. The van der Waals surface area contributed by atoms with E-state index in [9.17, 15) is 31.1 Å². The quantitative estimate of drug-likeness (QED) is 0.501. The molecule has 3 N–H and O–H groups in total. The van der Waals surface area contributed by atoms with Crippen LogP contribution in [-0.4, -0.2) is 63.1 Å². The summed E-state index contributed by atoms with van der Waals surface area (Å²) in [6, 6.07) is 9.06. The van der Waals surface area contributed by atoms with Crippen molar-refractivity contribution in [2.75, 3.05) is 16.3 Å². The van der Waals surface area contributed by atoms with Gasteiger partial charge in [0.25, 0.3) is 15.9 Å². The van der Waals surface area contributed by atoms with Gasteiger partial charge in [-0.3, -0.25) is 9.52 Å². The van der Waals surface area contributed by atoms with E-state index in [1.54, 1.807) is 12.1 Å². The zero-order valence-corrected chi connectivity index (χ0v) is 21.6. The van der Waals surface area contributed by atoms with Crippen LogP contribution >= 0.6 is 0 Å². The maximum Gasteiger partial charge on any atom is 0.286 e. The Balaban J connectivity index is 1.41. The van der Waals surface area contributed by atoms with Crippen LogP contribution in [0.15, 0.2) is 63.1 Å². The number of carbonyl (C=O) groups is 1. The average molecular weight is 563 g/mol. The summed E-state index contributed by atoms with van der Waals surface area (Å²) in [7, 11) is -8.03. The van der Waals surface area contributed by atoms with Gasteiger partial charge in [-0.15, -0.1) is 4.40 Å². The largest absolute Gasteiger partial charge is 0.511 e. The number of benzene rings is 2. The summed E-state index contributed by atoms with van der Waals surface area (Å²) in [4.78, 5) is 15.1. The number of amidine groups is 1. The van der Waals surface area contributed by atoms with E-state index < -0.39 is 43.7 Å². The smallest absolute Gasteiger partial charge is 0.286 e. The number of halogens is 1. The van der Waals surface area contributed by atoms with Crippen LogP contribution in [0, 0.1) is 11.7 Å². The minimum Gasteiger partial charge on any atom is -0.511 e. The van der Waals surface area contributed by atoms with Gasteiger partial charge in [-0.2, -0.15) is 8.42 Å². The van der Waals surface area contributed by atoms with Crippen LogP contribution in [-0.2, 0) is 36.1 Å². The van der Waals surface area contributed by atoms with Crippen molar-refractivity contribution in [2.24, 2.45) is 10.3 Å². The Kier molecular flexibility index (Phi) is 5.56. The van der Waals surface area contributed by atoms with Crippen molar-refractivity contribution >= 4 is 43.2 Å². The molecule has 2 aromatic carbocycles. The fraction of sp³-hybridized carbons (Fsp3) is 0.333. The fourth-order valence-electron chi connectivity index (χ4n) is 5.67. The molecular formula is C24H23FN4O7S2. The van der Waals surface area contributed by atoms with E-state index in [1.807, 2.05) is 0 Å². The lowest BCUT2D eigenvalue weighted by Gasteiger charge is -2.42. The Morgan fingerprint density at radius 1 is 1.18 bits per heavy atom. The lowest BCUT2D eigenvalue weighted by molar-refractivity contribution is -0.133. The molecule has 2 saturated heterocycles. The summed E-state index contributed by atoms with van der Waals surface area (Å²) in [6.07, 6.45) is 1.70. The highest BCUT2D eigenvalue weighted by Crippen LogP contribution is 2.48. The zero-order valence-electron chi connectivity index (χ0n) is 20.0. The number of hydrogen-bond donors (Lipinski definition) is 3. The van der Waals surface area contributed by atoms with Gasteiger partial charge < -0.3 is 20.1 Å². The van der Waals surface area contributed by atoms with E-state index in [1.165, 1.54) is 29.2 Å². The van der Waals surface area contributed by atoms with Crippen molar-refractivity contribution in [3.05, 3.63) is 65.2 Å². The average Bonchev–Trinajstić information content (AvgIpc) is 3.45. The Morgan fingerprint density at radius 2 is 1.89 bits per heavy atom. The van der Waals surface area contributed by atoms with Crippen LogP contribution in [0.3, 0.4) is 0 Å². The molecule has 4 atom stereocenters. The van der Waals surface area contributed by atoms with Gasteiger partial charge in [0.05, 0.1) is 36.1 Å². The number of aliphatic hydroxyl groups is 1. The van der Waals surface area contributed by atoms with Crippen molar-refractivity contribution in [2.45, 2.75) is 42.5 Å². The number of amides is 1. The molecule has 2 aromatic rings. The van der Waals surface area contributed by atoms with E-state index in [0.29, 0.717) is 18.4 Å². The minimum atomic E-state index is -4.38. The second kappa shape index (κ2) is 8.51. The molecule has 0 saturated carbocycles. The normalized spacial score (nSPS) is 27.5. The first-order valence-electron chi connectivity index (χ1n) is 11.8. The lowest BCUT2D eigenvalue weighted by Crippen LogP contribution is -2.55. The van der Waals surface area contributed by atoms with Crippen molar-refractivity contribution in [3.8, 4) is 0 Å². The van der Waals surface area contributed by atoms with Gasteiger partial charge in [0.15, 0.2) is 5.84 Å². The molecule has 0 spiro atoms.